The molecule has 1 aromatic carbocycles. The first-order valence-corrected chi connectivity index (χ1v) is 9.23. The molecule has 5 aliphatic heterocycles. The van der Waals surface area contributed by atoms with E-state index in [0.29, 0.717) is 18.8 Å². The fourth-order valence-corrected chi connectivity index (χ4v) is 5.52. The molecule has 0 aromatic heterocycles. The van der Waals surface area contributed by atoms with Crippen molar-refractivity contribution in [1.82, 2.24) is 9.80 Å². The molecule has 3 atom stereocenters. The van der Waals surface area contributed by atoms with Crippen LogP contribution in [0.2, 0.25) is 0 Å². The summed E-state index contributed by atoms with van der Waals surface area (Å²) in [7, 11) is 0. The predicted octanol–water partition coefficient (Wildman–Crippen LogP) is 2.69. The topological polar surface area (TPSA) is 24.9 Å². The van der Waals surface area contributed by atoms with Gasteiger partial charge in [0, 0.05) is 24.5 Å². The van der Waals surface area contributed by atoms with Gasteiger partial charge in [-0.05, 0) is 62.5 Å². The number of rotatable bonds is 3. The SMILES string of the molecule is CCCN1C[C@H](c2ccc3c(c2)OCO3)[C@H]2[C@@H]1C1CCN2CC1. The van der Waals surface area contributed by atoms with Gasteiger partial charge in [-0.3, -0.25) is 9.80 Å². The van der Waals surface area contributed by atoms with Gasteiger partial charge in [0.05, 0.1) is 0 Å². The zero-order valence-electron chi connectivity index (χ0n) is 13.9. The Labute approximate surface area is 138 Å². The van der Waals surface area contributed by atoms with Crippen LogP contribution in [0.1, 0.15) is 37.7 Å². The summed E-state index contributed by atoms with van der Waals surface area (Å²) in [6, 6.07) is 8.09. The lowest BCUT2D eigenvalue weighted by molar-refractivity contribution is -0.00641. The highest BCUT2D eigenvalue weighted by atomic mass is 16.7. The fraction of sp³-hybridized carbons (Fsp3) is 0.684. The van der Waals surface area contributed by atoms with E-state index in [9.17, 15) is 0 Å². The number of hydrogen-bond acceptors (Lipinski definition) is 4. The number of benzene rings is 1. The van der Waals surface area contributed by atoms with Crippen molar-refractivity contribution in [2.24, 2.45) is 5.92 Å². The largest absolute Gasteiger partial charge is 0.454 e. The van der Waals surface area contributed by atoms with Crippen LogP contribution in [-0.2, 0) is 0 Å². The Morgan fingerprint density at radius 3 is 2.74 bits per heavy atom. The maximum Gasteiger partial charge on any atom is 0.231 e. The molecule has 0 unspecified atom stereocenters. The summed E-state index contributed by atoms with van der Waals surface area (Å²) in [5.41, 5.74) is 1.44. The third kappa shape index (κ3) is 2.11. The number of likely N-dealkylation sites (tertiary alicyclic amines) is 1. The van der Waals surface area contributed by atoms with Gasteiger partial charge in [0.25, 0.3) is 0 Å². The summed E-state index contributed by atoms with van der Waals surface area (Å²) >= 11 is 0. The fourth-order valence-electron chi connectivity index (χ4n) is 5.52. The predicted molar refractivity (Wildman–Crippen MR) is 89.0 cm³/mol. The Balaban J connectivity index is 1.50. The zero-order chi connectivity index (χ0) is 15.4. The Morgan fingerprint density at radius 1 is 1.09 bits per heavy atom. The molecule has 0 N–H and O–H groups in total. The molecule has 0 spiro atoms. The van der Waals surface area contributed by atoms with Crippen LogP contribution in [0.5, 0.6) is 11.5 Å². The van der Waals surface area contributed by atoms with Crippen LogP contribution in [-0.4, -0.2) is 54.9 Å². The minimum absolute atomic E-state index is 0.367. The van der Waals surface area contributed by atoms with Crippen molar-refractivity contribution < 1.29 is 9.47 Å². The van der Waals surface area contributed by atoms with E-state index < -0.39 is 0 Å². The average Bonchev–Trinajstić information content (AvgIpc) is 3.21. The monoisotopic (exact) mass is 314 g/mol. The first-order chi connectivity index (χ1) is 11.3. The Bertz CT molecular complexity index is 597. The number of piperidine rings is 3. The minimum atomic E-state index is 0.367. The van der Waals surface area contributed by atoms with Crippen LogP contribution in [0.4, 0.5) is 0 Å². The zero-order valence-corrected chi connectivity index (χ0v) is 13.9. The number of hydrogen-bond donors (Lipinski definition) is 0. The Morgan fingerprint density at radius 2 is 1.91 bits per heavy atom. The van der Waals surface area contributed by atoms with Gasteiger partial charge in [-0.25, -0.2) is 0 Å². The first-order valence-electron chi connectivity index (χ1n) is 9.23. The lowest BCUT2D eigenvalue weighted by Gasteiger charge is -2.51. The Hall–Kier alpha value is -1.26. The third-order valence-electron chi connectivity index (χ3n) is 6.43. The van der Waals surface area contributed by atoms with E-state index in [2.05, 4.69) is 34.9 Å². The summed E-state index contributed by atoms with van der Waals surface area (Å²) in [6.07, 6.45) is 4.05. The minimum Gasteiger partial charge on any atom is -0.454 e. The van der Waals surface area contributed by atoms with Crippen molar-refractivity contribution in [3.63, 3.8) is 0 Å². The van der Waals surface area contributed by atoms with Crippen molar-refractivity contribution in [2.75, 3.05) is 33.0 Å². The summed E-state index contributed by atoms with van der Waals surface area (Å²) in [6.45, 7) is 7.72. The van der Waals surface area contributed by atoms with Crippen LogP contribution < -0.4 is 9.47 Å². The van der Waals surface area contributed by atoms with Gasteiger partial charge in [-0.2, -0.15) is 0 Å². The van der Waals surface area contributed by atoms with Gasteiger partial charge < -0.3 is 9.47 Å². The second-order valence-corrected chi connectivity index (χ2v) is 7.57. The number of ether oxygens (including phenoxy) is 2. The smallest absolute Gasteiger partial charge is 0.231 e. The molecule has 4 nitrogen and oxygen atoms in total. The lowest BCUT2D eigenvalue weighted by Crippen LogP contribution is -2.60. The highest BCUT2D eigenvalue weighted by Gasteiger charge is 2.52. The molecule has 23 heavy (non-hydrogen) atoms. The molecule has 124 valence electrons. The van der Waals surface area contributed by atoms with Crippen LogP contribution >= 0.6 is 0 Å². The summed E-state index contributed by atoms with van der Waals surface area (Å²) in [5.74, 6) is 3.36. The van der Waals surface area contributed by atoms with Crippen LogP contribution in [0.15, 0.2) is 18.2 Å². The molecule has 5 heterocycles. The van der Waals surface area contributed by atoms with Crippen LogP contribution in [0.25, 0.3) is 0 Å². The van der Waals surface area contributed by atoms with Crippen LogP contribution in [0, 0.1) is 5.92 Å². The molecule has 0 saturated carbocycles. The molecule has 2 bridgehead atoms. The van der Waals surface area contributed by atoms with Gasteiger partial charge >= 0.3 is 0 Å². The molecule has 5 aliphatic rings. The molecule has 4 heteroatoms. The van der Waals surface area contributed by atoms with E-state index >= 15 is 0 Å². The van der Waals surface area contributed by atoms with E-state index in [1.807, 2.05) is 0 Å². The normalized spacial score (nSPS) is 38.0. The van der Waals surface area contributed by atoms with Crippen molar-refractivity contribution in [2.45, 2.75) is 44.2 Å². The molecule has 4 saturated heterocycles. The molecular formula is C19H26N2O2. The molecule has 0 aliphatic carbocycles. The second-order valence-electron chi connectivity index (χ2n) is 7.57. The molecular weight excluding hydrogens is 288 g/mol. The van der Waals surface area contributed by atoms with Gasteiger partial charge in [0.2, 0.25) is 6.79 Å². The second kappa shape index (κ2) is 5.38. The standard InChI is InChI=1S/C19H26N2O2/c1-2-7-21-11-15(14-3-4-16-17(10-14)23-12-22-16)19-18(21)13-5-8-20(19)9-6-13/h3-4,10,13,15,18-19H,2,5-9,11-12H2,1H3/t15-,18+,19+/m1/s1. The van der Waals surface area contributed by atoms with Crippen molar-refractivity contribution in [3.8, 4) is 11.5 Å². The highest BCUT2D eigenvalue weighted by Crippen LogP contribution is 2.47. The van der Waals surface area contributed by atoms with Crippen molar-refractivity contribution in [3.05, 3.63) is 23.8 Å². The van der Waals surface area contributed by atoms with E-state index in [1.54, 1.807) is 0 Å². The highest BCUT2D eigenvalue weighted by molar-refractivity contribution is 5.46. The van der Waals surface area contributed by atoms with E-state index in [0.717, 1.165) is 23.5 Å². The number of nitrogens with zero attached hydrogens (tertiary/aromatic N) is 2. The van der Waals surface area contributed by atoms with Crippen molar-refractivity contribution in [1.29, 1.82) is 0 Å². The molecule has 4 fully saturated rings. The summed E-state index contributed by atoms with van der Waals surface area (Å²) < 4.78 is 11.1. The van der Waals surface area contributed by atoms with E-state index in [4.69, 9.17) is 9.47 Å². The van der Waals surface area contributed by atoms with Gasteiger partial charge in [-0.15, -0.1) is 0 Å². The quantitative estimate of drug-likeness (QED) is 0.856. The van der Waals surface area contributed by atoms with Gasteiger partial charge in [0.15, 0.2) is 11.5 Å². The maximum atomic E-state index is 5.62. The number of fused-ring (bicyclic) bond motifs is 3. The third-order valence-corrected chi connectivity index (χ3v) is 6.43. The molecule has 0 radical (unpaired) electrons. The van der Waals surface area contributed by atoms with E-state index in [1.165, 1.54) is 51.0 Å². The van der Waals surface area contributed by atoms with E-state index in [-0.39, 0.29) is 0 Å². The first kappa shape index (κ1) is 14.1. The van der Waals surface area contributed by atoms with Gasteiger partial charge in [0.1, 0.15) is 0 Å². The van der Waals surface area contributed by atoms with Gasteiger partial charge in [-0.1, -0.05) is 13.0 Å². The van der Waals surface area contributed by atoms with Crippen molar-refractivity contribution >= 4 is 0 Å². The average molecular weight is 314 g/mol. The molecule has 6 rings (SSSR count). The Kier molecular flexibility index (Phi) is 3.30. The summed E-state index contributed by atoms with van der Waals surface area (Å²) in [5, 5.41) is 0. The van der Waals surface area contributed by atoms with Crippen LogP contribution in [0.3, 0.4) is 0 Å². The summed E-state index contributed by atoms with van der Waals surface area (Å²) in [4.78, 5) is 5.56. The molecule has 0 amide bonds. The maximum absolute atomic E-state index is 5.62. The molecule has 1 aromatic rings. The lowest BCUT2D eigenvalue weighted by atomic mass is 9.75.